The van der Waals surface area contributed by atoms with Gasteiger partial charge in [-0.15, -0.1) is 12.3 Å². The zero-order valence-electron chi connectivity index (χ0n) is 35.1. The summed E-state index contributed by atoms with van der Waals surface area (Å²) in [6, 6.07) is 61.6. The van der Waals surface area contributed by atoms with Crippen molar-refractivity contribution < 1.29 is 14.3 Å². The highest BCUT2D eigenvalue weighted by atomic mass is 33.4. The summed E-state index contributed by atoms with van der Waals surface area (Å²) in [6.07, 6.45) is 6.52. The minimum atomic E-state index is -0.734. The predicted octanol–water partition coefficient (Wildman–Crippen LogP) is 9.96. The predicted molar refractivity (Wildman–Crippen MR) is 317 cm³/mol. The second-order valence-electron chi connectivity index (χ2n) is 12.6. The van der Waals surface area contributed by atoms with Crippen LogP contribution in [-0.4, -0.2) is 19.0 Å². The lowest BCUT2D eigenvalue weighted by Crippen LogP contribution is -2.33. The number of ketones is 1. The summed E-state index contributed by atoms with van der Waals surface area (Å²) in [5.74, 6) is 8.01. The zero-order chi connectivity index (χ0) is 47.4. The fraction of sp³-hybridized carbons (Fsp3) is 0.146. The average Bonchev–Trinajstić information content (AvgIpc) is 3.38. The fourth-order valence-electron chi connectivity index (χ4n) is 6.32. The molecule has 0 saturated heterocycles. The number of hydrogen-bond donors (Lipinski definition) is 0. The molecule has 0 N–H and O–H groups in total. The minimum Gasteiger partial charge on any atom is -0.360 e. The van der Waals surface area contributed by atoms with Gasteiger partial charge in [-0.25, -0.2) is 0 Å². The van der Waals surface area contributed by atoms with Gasteiger partial charge in [0.15, 0.2) is 0 Å². The van der Waals surface area contributed by atoms with Crippen LogP contribution in [0.5, 0.6) is 0 Å². The van der Waals surface area contributed by atoms with Crippen LogP contribution in [0.1, 0.15) is 53.1 Å². The highest BCUT2D eigenvalue weighted by Gasteiger charge is 2.38. The molecule has 0 aromatic heterocycles. The molecule has 0 radical (unpaired) electrons. The van der Waals surface area contributed by atoms with E-state index >= 15 is 0 Å². The van der Waals surface area contributed by atoms with Gasteiger partial charge in [0.05, 0.1) is 13.2 Å². The second-order valence-corrected chi connectivity index (χ2v) is 32.0. The van der Waals surface area contributed by atoms with Crippen LogP contribution in [0.25, 0.3) is 0 Å². The minimum absolute atomic E-state index is 0.129. The third-order valence-electron chi connectivity index (χ3n) is 8.71. The van der Waals surface area contributed by atoms with Gasteiger partial charge < -0.3 is 9.47 Å². The molecule has 0 aliphatic carbocycles. The average molecular weight is 1150 g/mol. The Hall–Kier alpha value is -2.67. The Balaban J connectivity index is 0.000000269. The van der Waals surface area contributed by atoms with E-state index in [1.54, 1.807) is 62.2 Å². The second kappa shape index (κ2) is 36.3. The van der Waals surface area contributed by atoms with Crippen molar-refractivity contribution in [2.24, 2.45) is 0 Å². The first-order valence-corrected chi connectivity index (χ1v) is 36.6. The quantitative estimate of drug-likeness (QED) is 0.0523. The summed E-state index contributed by atoms with van der Waals surface area (Å²) in [5.41, 5.74) is 5.06. The maximum absolute atomic E-state index is 11.1. The number of ether oxygens (including phenoxy) is 2. The Labute approximate surface area is 440 Å². The Morgan fingerprint density at radius 2 is 0.682 bits per heavy atom. The molecule has 0 aliphatic rings. The van der Waals surface area contributed by atoms with Crippen LogP contribution < -0.4 is 0 Å². The van der Waals surface area contributed by atoms with Gasteiger partial charge in [0.2, 0.25) is 5.78 Å². The molecule has 0 saturated carbocycles. The first-order valence-electron chi connectivity index (χ1n) is 19.3. The van der Waals surface area contributed by atoms with Crippen LogP contribution in [0.3, 0.4) is 0 Å². The molecule has 0 amide bonds. The maximum Gasteiger partial charge on any atom is 0.202 e. The molecule has 0 aliphatic heterocycles. The SMILES string of the molecule is C#CCCOC(c1ccccc1)(c1ccccc1)c1ccccc1.CC(=O)C#CCCOC(c1ccccc1)(c1ccccc1)c1ccccc1.S=S=S=S=S=S=S.S=S=S=S=S=S=S=S. The van der Waals surface area contributed by atoms with E-state index in [0.29, 0.717) is 26.1 Å². The Morgan fingerprint density at radius 3 is 0.909 bits per heavy atom. The fourth-order valence-corrected chi connectivity index (χ4v) is 25.5. The molecule has 0 bridgehead atoms. The number of Topliss-reactive ketones (excluding diaryl/α,β-unsaturated/α-hetero) is 1. The summed E-state index contributed by atoms with van der Waals surface area (Å²) in [5, 5.41) is 0. The van der Waals surface area contributed by atoms with Gasteiger partial charge >= 0.3 is 0 Å². The van der Waals surface area contributed by atoms with Gasteiger partial charge in [-0.2, -0.15) is 0 Å². The van der Waals surface area contributed by atoms with Gasteiger partial charge in [-0.05, 0) is 39.3 Å². The van der Waals surface area contributed by atoms with Crippen molar-refractivity contribution in [3.8, 4) is 24.2 Å². The van der Waals surface area contributed by atoms with Crippen molar-refractivity contribution in [1.29, 1.82) is 0 Å². The summed E-state index contributed by atoms with van der Waals surface area (Å²) in [6.45, 7) is 2.38. The number of hydrogen-bond acceptors (Lipinski definition) is 7. The van der Waals surface area contributed by atoms with E-state index in [1.807, 2.05) is 109 Å². The van der Waals surface area contributed by atoms with Crippen LogP contribution >= 0.6 is 0 Å². The van der Waals surface area contributed by atoms with Crippen LogP contribution in [0.2, 0.25) is 0 Å². The Bertz CT molecular complexity index is 2740. The number of carbonyl (C=O) groups excluding carboxylic acids is 1. The topological polar surface area (TPSA) is 35.5 Å². The third kappa shape index (κ3) is 20.1. The van der Waals surface area contributed by atoms with Crippen molar-refractivity contribution in [3.63, 3.8) is 0 Å². The standard InChI is InChI=1S/C25H22O2.C23H20O.S8.S7/c1-21(26)13-11-12-20-27-25(22-14-5-2-6-15-22,23-16-7-3-8-17-23)24-18-9-4-10-19-24;1-2-3-19-24-23(20-13-7-4-8-14-20,21-15-9-5-10-16-21)22-17-11-6-12-18-22;1-3-5-7-8-6-4-2;1-3-5-7-6-4-2/h2-10,14-19H,12,20H2,1H3;1,4-18H,3,19H2;;. The third-order valence-corrected chi connectivity index (χ3v) is 28.7. The van der Waals surface area contributed by atoms with Gasteiger partial charge in [0.1, 0.15) is 11.2 Å². The van der Waals surface area contributed by atoms with Crippen molar-refractivity contribution in [3.05, 3.63) is 215 Å². The number of benzene rings is 6. The van der Waals surface area contributed by atoms with Crippen LogP contribution in [0.4, 0.5) is 0 Å². The smallest absolute Gasteiger partial charge is 0.202 e. The Kier molecular flexibility index (Phi) is 31.7. The van der Waals surface area contributed by atoms with Crippen LogP contribution in [0.15, 0.2) is 182 Å². The van der Waals surface area contributed by atoms with Crippen molar-refractivity contribution >= 4 is 148 Å². The highest BCUT2D eigenvalue weighted by molar-refractivity contribution is 8.70. The molecular weight excluding hydrogens is 1110 g/mol. The van der Waals surface area contributed by atoms with Gasteiger partial charge in [-0.1, -0.05) is 188 Å². The van der Waals surface area contributed by atoms with Gasteiger partial charge in [-0.3, -0.25) is 4.79 Å². The van der Waals surface area contributed by atoms with E-state index < -0.39 is 11.2 Å². The molecule has 66 heavy (non-hydrogen) atoms. The largest absolute Gasteiger partial charge is 0.360 e. The molecular formula is C48H42O3S15. The molecule has 0 unspecified atom stereocenters. The molecule has 18 heteroatoms. The van der Waals surface area contributed by atoms with Gasteiger partial charge in [0.25, 0.3) is 0 Å². The number of terminal acetylenes is 1. The molecule has 342 valence electrons. The molecule has 0 spiro atoms. The van der Waals surface area contributed by atoms with E-state index in [4.69, 9.17) is 15.9 Å². The number of carbonyl (C=O) groups is 1. The first kappa shape index (κ1) is 57.6. The lowest BCUT2D eigenvalue weighted by Gasteiger charge is -2.35. The molecule has 0 atom stereocenters. The lowest BCUT2D eigenvalue weighted by molar-refractivity contribution is -0.111. The van der Waals surface area contributed by atoms with E-state index in [9.17, 15) is 4.79 Å². The highest BCUT2D eigenvalue weighted by Crippen LogP contribution is 2.41. The van der Waals surface area contributed by atoms with E-state index in [2.05, 4.69) is 135 Å². The monoisotopic (exact) mass is 1150 g/mol. The maximum atomic E-state index is 11.1. The first-order chi connectivity index (χ1) is 32.4. The van der Waals surface area contributed by atoms with Crippen molar-refractivity contribution in [1.82, 2.24) is 0 Å². The van der Waals surface area contributed by atoms with Crippen molar-refractivity contribution in [2.75, 3.05) is 13.2 Å². The molecule has 6 rings (SSSR count). The summed E-state index contributed by atoms with van der Waals surface area (Å²) < 4.78 is 13.0. The van der Waals surface area contributed by atoms with E-state index in [1.165, 1.54) is 42.4 Å². The molecule has 6 aromatic carbocycles. The zero-order valence-corrected chi connectivity index (χ0v) is 47.3. The summed E-state index contributed by atoms with van der Waals surface area (Å²) in [4.78, 5) is 11.1. The lowest BCUT2D eigenvalue weighted by atomic mass is 9.80. The van der Waals surface area contributed by atoms with E-state index in [-0.39, 0.29) is 5.78 Å². The molecule has 3 nitrogen and oxygen atoms in total. The van der Waals surface area contributed by atoms with Crippen LogP contribution in [-0.2, 0) is 168 Å². The van der Waals surface area contributed by atoms with Crippen molar-refractivity contribution in [2.45, 2.75) is 31.0 Å². The molecule has 0 fully saturated rings. The summed E-state index contributed by atoms with van der Waals surface area (Å²) >= 11 is 18.3. The van der Waals surface area contributed by atoms with Gasteiger partial charge in [0, 0.05) is 162 Å². The summed E-state index contributed by atoms with van der Waals surface area (Å²) in [7, 11) is 16.5. The molecule has 6 aromatic rings. The number of rotatable bonds is 12. The normalized spacial score (nSPS) is 9.82. The van der Waals surface area contributed by atoms with Crippen LogP contribution in [0, 0.1) is 24.2 Å². The van der Waals surface area contributed by atoms with E-state index in [0.717, 1.165) is 33.4 Å². The molecule has 0 heterocycles. The Morgan fingerprint density at radius 1 is 0.439 bits per heavy atom.